The van der Waals surface area contributed by atoms with E-state index in [1.165, 1.54) is 47.9 Å². The predicted molar refractivity (Wildman–Crippen MR) is 74.4 cm³/mol. The Kier molecular flexibility index (Phi) is 3.73. The molecule has 1 fully saturated rings. The second-order valence-corrected chi connectivity index (χ2v) is 6.43. The van der Waals surface area contributed by atoms with E-state index in [1.54, 1.807) is 0 Å². The van der Waals surface area contributed by atoms with Gasteiger partial charge in [0.15, 0.2) is 0 Å². The van der Waals surface area contributed by atoms with Gasteiger partial charge in [0.1, 0.15) is 0 Å². The van der Waals surface area contributed by atoms with Crippen LogP contribution in [0.4, 0.5) is 0 Å². The molecule has 0 aliphatic heterocycles. The summed E-state index contributed by atoms with van der Waals surface area (Å²) in [4.78, 5) is 0.744. The van der Waals surface area contributed by atoms with Gasteiger partial charge in [-0.3, -0.25) is 0 Å². The standard InChI is InChI=1S/C15H21Br/c1-10-8-12(3)14(9-11(10)2)6-7-15(16)13-4-5-13/h8-9,13,15H,4-7H2,1-3H3. The Morgan fingerprint density at radius 3 is 2.38 bits per heavy atom. The molecule has 1 aliphatic carbocycles. The summed E-state index contributed by atoms with van der Waals surface area (Å²) in [6, 6.07) is 4.70. The summed E-state index contributed by atoms with van der Waals surface area (Å²) in [6.07, 6.45) is 5.37. The molecule has 0 nitrogen and oxygen atoms in total. The number of aryl methyl sites for hydroxylation is 4. The van der Waals surface area contributed by atoms with Crippen LogP contribution in [0.15, 0.2) is 12.1 Å². The van der Waals surface area contributed by atoms with E-state index < -0.39 is 0 Å². The van der Waals surface area contributed by atoms with Crippen LogP contribution in [0.1, 0.15) is 41.5 Å². The largest absolute Gasteiger partial charge is 0.0888 e. The average Bonchev–Trinajstić information content (AvgIpc) is 3.04. The highest BCUT2D eigenvalue weighted by molar-refractivity contribution is 9.09. The molecule has 0 saturated heterocycles. The maximum atomic E-state index is 3.82. The fourth-order valence-corrected chi connectivity index (χ4v) is 3.03. The van der Waals surface area contributed by atoms with E-state index in [1.807, 2.05) is 0 Å². The molecular formula is C15H21Br. The molecule has 16 heavy (non-hydrogen) atoms. The van der Waals surface area contributed by atoms with Crippen LogP contribution in [0.5, 0.6) is 0 Å². The summed E-state index contributed by atoms with van der Waals surface area (Å²) in [7, 11) is 0. The zero-order valence-electron chi connectivity index (χ0n) is 10.5. The first-order valence-electron chi connectivity index (χ1n) is 6.28. The van der Waals surface area contributed by atoms with Crippen LogP contribution < -0.4 is 0 Å². The van der Waals surface area contributed by atoms with E-state index in [9.17, 15) is 0 Å². The highest BCUT2D eigenvalue weighted by atomic mass is 79.9. The van der Waals surface area contributed by atoms with E-state index in [0.29, 0.717) is 0 Å². The Labute approximate surface area is 108 Å². The van der Waals surface area contributed by atoms with Crippen LogP contribution in [0.2, 0.25) is 0 Å². The molecule has 0 N–H and O–H groups in total. The number of halogens is 1. The summed E-state index contributed by atoms with van der Waals surface area (Å²) in [5.41, 5.74) is 5.84. The third kappa shape index (κ3) is 2.88. The van der Waals surface area contributed by atoms with Crippen molar-refractivity contribution in [3.05, 3.63) is 34.4 Å². The lowest BCUT2D eigenvalue weighted by atomic mass is 9.97. The highest BCUT2D eigenvalue weighted by Crippen LogP contribution is 2.38. The minimum atomic E-state index is 0.744. The lowest BCUT2D eigenvalue weighted by Crippen LogP contribution is -2.03. The van der Waals surface area contributed by atoms with Gasteiger partial charge in [0.2, 0.25) is 0 Å². The topological polar surface area (TPSA) is 0 Å². The third-order valence-electron chi connectivity index (χ3n) is 3.78. The van der Waals surface area contributed by atoms with Crippen molar-refractivity contribution in [3.8, 4) is 0 Å². The summed E-state index contributed by atoms with van der Waals surface area (Å²) in [6.45, 7) is 6.65. The molecule has 1 aliphatic rings. The van der Waals surface area contributed by atoms with Gasteiger partial charge in [0, 0.05) is 4.83 Å². The molecule has 1 heteroatoms. The normalized spacial score (nSPS) is 17.5. The van der Waals surface area contributed by atoms with Crippen molar-refractivity contribution in [2.45, 2.75) is 51.3 Å². The molecule has 0 bridgehead atoms. The third-order valence-corrected chi connectivity index (χ3v) is 4.98. The van der Waals surface area contributed by atoms with Gasteiger partial charge in [-0.05, 0) is 74.6 Å². The van der Waals surface area contributed by atoms with Gasteiger partial charge >= 0.3 is 0 Å². The molecular weight excluding hydrogens is 260 g/mol. The Morgan fingerprint density at radius 2 is 1.75 bits per heavy atom. The minimum Gasteiger partial charge on any atom is -0.0888 e. The summed E-state index contributed by atoms with van der Waals surface area (Å²) < 4.78 is 0. The molecule has 0 spiro atoms. The minimum absolute atomic E-state index is 0.744. The van der Waals surface area contributed by atoms with Crippen molar-refractivity contribution < 1.29 is 0 Å². The zero-order chi connectivity index (χ0) is 11.7. The first-order valence-corrected chi connectivity index (χ1v) is 7.20. The summed E-state index contributed by atoms with van der Waals surface area (Å²) in [5, 5.41) is 0. The molecule has 0 radical (unpaired) electrons. The van der Waals surface area contributed by atoms with Crippen LogP contribution >= 0.6 is 15.9 Å². The van der Waals surface area contributed by atoms with Crippen molar-refractivity contribution >= 4 is 15.9 Å². The number of hydrogen-bond donors (Lipinski definition) is 0. The van der Waals surface area contributed by atoms with Crippen LogP contribution in [-0.4, -0.2) is 4.83 Å². The lowest BCUT2D eigenvalue weighted by Gasteiger charge is -2.12. The van der Waals surface area contributed by atoms with Gasteiger partial charge in [-0.2, -0.15) is 0 Å². The quantitative estimate of drug-likeness (QED) is 0.701. The molecule has 0 heterocycles. The van der Waals surface area contributed by atoms with E-state index in [-0.39, 0.29) is 0 Å². The fourth-order valence-electron chi connectivity index (χ4n) is 2.28. The van der Waals surface area contributed by atoms with Crippen molar-refractivity contribution in [2.24, 2.45) is 5.92 Å². The van der Waals surface area contributed by atoms with Gasteiger partial charge in [-0.15, -0.1) is 0 Å². The van der Waals surface area contributed by atoms with Crippen LogP contribution in [0.25, 0.3) is 0 Å². The Bertz CT molecular complexity index is 377. The second-order valence-electron chi connectivity index (χ2n) is 5.26. The van der Waals surface area contributed by atoms with Gasteiger partial charge in [0.05, 0.1) is 0 Å². The smallest absolute Gasteiger partial charge is 0.0177 e. The Morgan fingerprint density at radius 1 is 1.12 bits per heavy atom. The Hall–Kier alpha value is -0.300. The van der Waals surface area contributed by atoms with Crippen molar-refractivity contribution in [1.82, 2.24) is 0 Å². The maximum Gasteiger partial charge on any atom is 0.0177 e. The van der Waals surface area contributed by atoms with E-state index in [0.717, 1.165) is 10.7 Å². The molecule has 0 amide bonds. The fraction of sp³-hybridized carbons (Fsp3) is 0.600. The average molecular weight is 281 g/mol. The van der Waals surface area contributed by atoms with Crippen LogP contribution in [-0.2, 0) is 6.42 Å². The van der Waals surface area contributed by atoms with Gasteiger partial charge in [0.25, 0.3) is 0 Å². The molecule has 0 aromatic heterocycles. The number of rotatable bonds is 4. The molecule has 1 aromatic rings. The second kappa shape index (κ2) is 4.91. The first kappa shape index (κ1) is 12.2. The van der Waals surface area contributed by atoms with Crippen molar-refractivity contribution in [1.29, 1.82) is 0 Å². The van der Waals surface area contributed by atoms with Crippen molar-refractivity contribution in [2.75, 3.05) is 0 Å². The number of benzene rings is 1. The molecule has 1 atom stereocenters. The lowest BCUT2D eigenvalue weighted by molar-refractivity contribution is 0.694. The van der Waals surface area contributed by atoms with E-state index in [4.69, 9.17) is 0 Å². The van der Waals surface area contributed by atoms with Crippen LogP contribution in [0.3, 0.4) is 0 Å². The zero-order valence-corrected chi connectivity index (χ0v) is 12.1. The summed E-state index contributed by atoms with van der Waals surface area (Å²) in [5.74, 6) is 0.965. The molecule has 1 aromatic carbocycles. The van der Waals surface area contributed by atoms with E-state index >= 15 is 0 Å². The SMILES string of the molecule is Cc1cc(C)c(CCC(Br)C2CC2)cc1C. The number of hydrogen-bond acceptors (Lipinski definition) is 0. The maximum absolute atomic E-state index is 3.82. The van der Waals surface area contributed by atoms with E-state index in [2.05, 4.69) is 48.8 Å². The predicted octanol–water partition coefficient (Wildman–Crippen LogP) is 4.72. The first-order chi connectivity index (χ1) is 7.58. The Balaban J connectivity index is 2.00. The molecule has 88 valence electrons. The monoisotopic (exact) mass is 280 g/mol. The van der Waals surface area contributed by atoms with Crippen LogP contribution in [0, 0.1) is 26.7 Å². The number of alkyl halides is 1. The van der Waals surface area contributed by atoms with Crippen molar-refractivity contribution in [3.63, 3.8) is 0 Å². The van der Waals surface area contributed by atoms with Gasteiger partial charge in [-0.25, -0.2) is 0 Å². The molecule has 2 rings (SSSR count). The summed E-state index contributed by atoms with van der Waals surface area (Å²) >= 11 is 3.82. The van der Waals surface area contributed by atoms with Gasteiger partial charge < -0.3 is 0 Å². The van der Waals surface area contributed by atoms with Gasteiger partial charge in [-0.1, -0.05) is 28.1 Å². The molecule has 1 saturated carbocycles. The highest BCUT2D eigenvalue weighted by Gasteiger charge is 2.28. The molecule has 1 unspecified atom stereocenters.